The van der Waals surface area contributed by atoms with Crippen LogP contribution in [0.15, 0.2) is 40.1 Å². The fraction of sp³-hybridized carbons (Fsp3) is 0.286. The highest BCUT2D eigenvalue weighted by molar-refractivity contribution is 9.10. The zero-order valence-corrected chi connectivity index (χ0v) is 17.1. The van der Waals surface area contributed by atoms with Crippen molar-refractivity contribution < 1.29 is 9.53 Å². The molecule has 1 atom stereocenters. The van der Waals surface area contributed by atoms with Crippen LogP contribution in [0, 0.1) is 16.7 Å². The Hall–Kier alpha value is -2.85. The molecule has 0 spiro atoms. The third-order valence-corrected chi connectivity index (χ3v) is 5.73. The highest BCUT2D eigenvalue weighted by Gasteiger charge is 2.44. The van der Waals surface area contributed by atoms with Gasteiger partial charge in [-0.05, 0) is 23.1 Å². The van der Waals surface area contributed by atoms with Crippen molar-refractivity contribution in [1.29, 1.82) is 5.26 Å². The molecule has 0 amide bonds. The minimum absolute atomic E-state index is 0.0246. The number of hydrogen-bond acceptors (Lipinski definition) is 6. The normalized spacial score (nSPS) is 20.1. The number of carbonyl (C=O) groups excluding carboxylic acids is 1. The second-order valence-corrected chi connectivity index (χ2v) is 8.90. The molecule has 1 aliphatic carbocycles. The van der Waals surface area contributed by atoms with Crippen LogP contribution in [0.25, 0.3) is 0 Å². The molecule has 0 saturated heterocycles. The van der Waals surface area contributed by atoms with E-state index in [0.29, 0.717) is 29.7 Å². The molecule has 4 N–H and O–H groups in total. The summed E-state index contributed by atoms with van der Waals surface area (Å²) in [6.45, 7) is 4.08. The number of anilines is 2. The first-order valence-electron chi connectivity index (χ1n) is 8.90. The number of hydrogen-bond donors (Lipinski definition) is 2. The number of aromatic nitrogens is 1. The molecule has 1 aromatic heterocycles. The molecule has 2 aromatic rings. The summed E-state index contributed by atoms with van der Waals surface area (Å²) in [5.41, 5.74) is 14.4. The number of ketones is 1. The van der Waals surface area contributed by atoms with Crippen molar-refractivity contribution in [3.8, 4) is 11.9 Å². The number of ether oxygens (including phenoxy) is 1. The first-order valence-corrected chi connectivity index (χ1v) is 9.69. The number of nitrogen functional groups attached to an aromatic ring is 2. The summed E-state index contributed by atoms with van der Waals surface area (Å²) in [6, 6.07) is 9.71. The van der Waals surface area contributed by atoms with E-state index in [4.69, 9.17) is 16.2 Å². The summed E-state index contributed by atoms with van der Waals surface area (Å²) in [5.74, 6) is 0.465. The third kappa shape index (κ3) is 2.85. The summed E-state index contributed by atoms with van der Waals surface area (Å²) >= 11 is 3.50. The van der Waals surface area contributed by atoms with Crippen LogP contribution in [0.4, 0.5) is 11.5 Å². The SMILES string of the molecule is CC1(C)CC(=O)C2=C(C1)Oc1nc(N)c(C#N)c(N)c1[C@@H]2c1cccc(Br)c1. The molecule has 2 heterocycles. The van der Waals surface area contributed by atoms with Crippen LogP contribution >= 0.6 is 15.9 Å². The van der Waals surface area contributed by atoms with Crippen LogP contribution in [0.2, 0.25) is 0 Å². The smallest absolute Gasteiger partial charge is 0.227 e. The van der Waals surface area contributed by atoms with Gasteiger partial charge < -0.3 is 16.2 Å². The minimum atomic E-state index is -0.458. The van der Waals surface area contributed by atoms with Crippen molar-refractivity contribution in [2.45, 2.75) is 32.6 Å². The van der Waals surface area contributed by atoms with Crippen LogP contribution in [0.5, 0.6) is 5.88 Å². The van der Waals surface area contributed by atoms with Crippen molar-refractivity contribution in [3.63, 3.8) is 0 Å². The van der Waals surface area contributed by atoms with Crippen LogP contribution in [0.1, 0.15) is 49.3 Å². The molecule has 142 valence electrons. The fourth-order valence-corrected chi connectivity index (χ4v) is 4.48. The molecule has 0 unspecified atom stereocenters. The number of nitrogens with two attached hydrogens (primary N) is 2. The first-order chi connectivity index (χ1) is 13.2. The molecule has 0 radical (unpaired) electrons. The van der Waals surface area contributed by atoms with Gasteiger partial charge in [-0.2, -0.15) is 10.2 Å². The Morgan fingerprint density at radius 1 is 1.32 bits per heavy atom. The van der Waals surface area contributed by atoms with Gasteiger partial charge in [0, 0.05) is 28.8 Å². The number of allylic oxidation sites excluding steroid dienone is 2. The maximum Gasteiger partial charge on any atom is 0.227 e. The van der Waals surface area contributed by atoms with E-state index in [9.17, 15) is 10.1 Å². The van der Waals surface area contributed by atoms with Gasteiger partial charge in [-0.1, -0.05) is 41.9 Å². The van der Waals surface area contributed by atoms with Crippen molar-refractivity contribution in [2.75, 3.05) is 11.5 Å². The number of pyridine rings is 1. The molecule has 0 saturated carbocycles. The third-order valence-electron chi connectivity index (χ3n) is 5.24. The Labute approximate surface area is 171 Å². The minimum Gasteiger partial charge on any atom is -0.442 e. The van der Waals surface area contributed by atoms with Gasteiger partial charge in [0.25, 0.3) is 0 Å². The zero-order valence-electron chi connectivity index (χ0n) is 15.5. The monoisotopic (exact) mass is 438 g/mol. The summed E-state index contributed by atoms with van der Waals surface area (Å²) in [6.07, 6.45) is 1.03. The average molecular weight is 439 g/mol. The molecule has 28 heavy (non-hydrogen) atoms. The van der Waals surface area contributed by atoms with E-state index in [2.05, 4.69) is 20.9 Å². The first kappa shape index (κ1) is 18.5. The number of fused-ring (bicyclic) bond motifs is 1. The quantitative estimate of drug-likeness (QED) is 0.693. The molecule has 0 fully saturated rings. The second kappa shape index (κ2) is 6.35. The second-order valence-electron chi connectivity index (χ2n) is 7.98. The molecule has 6 nitrogen and oxygen atoms in total. The summed E-state index contributed by atoms with van der Waals surface area (Å²) in [5, 5.41) is 9.48. The highest BCUT2D eigenvalue weighted by Crippen LogP contribution is 2.52. The van der Waals surface area contributed by atoms with E-state index >= 15 is 0 Å². The van der Waals surface area contributed by atoms with E-state index < -0.39 is 5.92 Å². The Balaban J connectivity index is 2.03. The molecular weight excluding hydrogens is 420 g/mol. The van der Waals surface area contributed by atoms with E-state index in [1.54, 1.807) is 0 Å². The van der Waals surface area contributed by atoms with Crippen molar-refractivity contribution >= 4 is 33.2 Å². The molecule has 7 heteroatoms. The predicted octanol–water partition coefficient (Wildman–Crippen LogP) is 4.05. The van der Waals surface area contributed by atoms with Gasteiger partial charge in [-0.15, -0.1) is 0 Å². The molecule has 2 aliphatic rings. The van der Waals surface area contributed by atoms with Gasteiger partial charge in [0.1, 0.15) is 23.2 Å². The van der Waals surface area contributed by atoms with Crippen LogP contribution < -0.4 is 16.2 Å². The average Bonchev–Trinajstić information content (AvgIpc) is 2.59. The Morgan fingerprint density at radius 2 is 2.07 bits per heavy atom. The number of nitriles is 1. The van der Waals surface area contributed by atoms with Crippen LogP contribution in [-0.4, -0.2) is 10.8 Å². The van der Waals surface area contributed by atoms with Gasteiger partial charge in [0.2, 0.25) is 5.88 Å². The number of Topliss-reactive ketones (excluding diaryl/α,β-unsaturated/α-hetero) is 1. The van der Waals surface area contributed by atoms with E-state index in [0.717, 1.165) is 10.0 Å². The Morgan fingerprint density at radius 3 is 2.75 bits per heavy atom. The van der Waals surface area contributed by atoms with E-state index in [1.807, 2.05) is 44.2 Å². The van der Waals surface area contributed by atoms with Crippen molar-refractivity contribution in [2.24, 2.45) is 5.41 Å². The lowest BCUT2D eigenvalue weighted by Gasteiger charge is -2.38. The molecule has 0 bridgehead atoms. The standard InChI is InChI=1S/C21H19BrN4O2/c1-21(2)7-13(27)16-14(8-21)28-20-17(18(24)12(9-23)19(25)26-20)15(16)10-4-3-5-11(22)6-10/h3-6,15H,7-8H2,1-2H3,(H4,24,25,26)/t15-/m1/s1. The summed E-state index contributed by atoms with van der Waals surface area (Å²) in [7, 11) is 0. The lowest BCUT2D eigenvalue weighted by atomic mass is 9.70. The lowest BCUT2D eigenvalue weighted by Crippen LogP contribution is -2.33. The van der Waals surface area contributed by atoms with E-state index in [-0.39, 0.29) is 34.1 Å². The topological polar surface area (TPSA) is 115 Å². The Kier molecular flexibility index (Phi) is 4.20. The van der Waals surface area contributed by atoms with Crippen LogP contribution in [-0.2, 0) is 4.79 Å². The summed E-state index contributed by atoms with van der Waals surface area (Å²) < 4.78 is 6.93. The van der Waals surface area contributed by atoms with Gasteiger partial charge >= 0.3 is 0 Å². The lowest BCUT2D eigenvalue weighted by molar-refractivity contribution is -0.118. The largest absolute Gasteiger partial charge is 0.442 e. The van der Waals surface area contributed by atoms with Gasteiger partial charge in [0.05, 0.1) is 11.3 Å². The molecule has 1 aliphatic heterocycles. The number of nitrogens with zero attached hydrogens (tertiary/aromatic N) is 2. The maximum atomic E-state index is 13.2. The van der Waals surface area contributed by atoms with E-state index in [1.165, 1.54) is 0 Å². The van der Waals surface area contributed by atoms with Crippen LogP contribution in [0.3, 0.4) is 0 Å². The zero-order chi connectivity index (χ0) is 20.2. The van der Waals surface area contributed by atoms with Crippen molar-refractivity contribution in [1.82, 2.24) is 4.98 Å². The molecular formula is C21H19BrN4O2. The number of halogens is 1. The highest BCUT2D eigenvalue weighted by atomic mass is 79.9. The number of rotatable bonds is 1. The number of carbonyl (C=O) groups is 1. The van der Waals surface area contributed by atoms with Crippen molar-refractivity contribution in [3.05, 3.63) is 56.8 Å². The van der Waals surface area contributed by atoms with Gasteiger partial charge in [-0.3, -0.25) is 4.79 Å². The molecule has 1 aromatic carbocycles. The summed E-state index contributed by atoms with van der Waals surface area (Å²) in [4.78, 5) is 17.5. The molecule has 4 rings (SSSR count). The van der Waals surface area contributed by atoms with Gasteiger partial charge in [0.15, 0.2) is 5.78 Å². The predicted molar refractivity (Wildman–Crippen MR) is 109 cm³/mol. The van der Waals surface area contributed by atoms with Gasteiger partial charge in [-0.25, -0.2) is 0 Å². The Bertz CT molecular complexity index is 1100. The fourth-order valence-electron chi connectivity index (χ4n) is 4.06. The number of benzene rings is 1. The maximum absolute atomic E-state index is 13.2.